The molecule has 0 unspecified atom stereocenters. The second-order valence-electron chi connectivity index (χ2n) is 8.49. The first-order valence-corrected chi connectivity index (χ1v) is 10.7. The maximum absolute atomic E-state index is 6.61. The average Bonchev–Trinajstić information content (AvgIpc) is 2.76. The Kier molecular flexibility index (Phi) is 3.85. The molecule has 0 radical (unpaired) electrons. The average molecular weight is 402 g/mol. The highest BCUT2D eigenvalue weighted by atomic mass is 16.5. The van der Waals surface area contributed by atoms with Gasteiger partial charge in [0, 0.05) is 5.39 Å². The molecule has 1 aliphatic heterocycles. The minimum Gasteiger partial charge on any atom is -0.452 e. The van der Waals surface area contributed by atoms with Crippen molar-refractivity contribution in [3.8, 4) is 11.5 Å². The van der Waals surface area contributed by atoms with Crippen LogP contribution in [0, 0.1) is 20.8 Å². The molecule has 0 N–H and O–H groups in total. The van der Waals surface area contributed by atoms with Crippen LogP contribution in [-0.4, -0.2) is 0 Å². The zero-order valence-corrected chi connectivity index (χ0v) is 17.9. The maximum Gasteiger partial charge on any atom is 0.159 e. The van der Waals surface area contributed by atoms with E-state index in [0.717, 1.165) is 28.3 Å². The van der Waals surface area contributed by atoms with Crippen molar-refractivity contribution in [3.05, 3.63) is 102 Å². The zero-order valence-electron chi connectivity index (χ0n) is 17.9. The van der Waals surface area contributed by atoms with Crippen LogP contribution >= 0.6 is 0 Å². The smallest absolute Gasteiger partial charge is 0.159 e. The first kappa shape index (κ1) is 18.0. The molecule has 1 aliphatic rings. The Morgan fingerprint density at radius 1 is 0.613 bits per heavy atom. The normalized spacial score (nSPS) is 12.5. The molecular weight excluding hydrogens is 378 g/mol. The molecule has 150 valence electrons. The summed E-state index contributed by atoms with van der Waals surface area (Å²) in [4.78, 5) is 2.39. The van der Waals surface area contributed by atoms with Crippen molar-refractivity contribution in [2.45, 2.75) is 20.8 Å². The zero-order chi connectivity index (χ0) is 21.1. The highest BCUT2D eigenvalue weighted by Crippen LogP contribution is 2.54. The fraction of sp³-hybridized carbons (Fsp3) is 0.103. The molecule has 0 atom stereocenters. The predicted molar refractivity (Wildman–Crippen MR) is 130 cm³/mol. The third-order valence-corrected chi connectivity index (χ3v) is 6.24. The number of hydrogen-bond donors (Lipinski definition) is 0. The van der Waals surface area contributed by atoms with Gasteiger partial charge in [-0.2, -0.15) is 0 Å². The highest BCUT2D eigenvalue weighted by Gasteiger charge is 2.29. The van der Waals surface area contributed by atoms with Crippen LogP contribution < -0.4 is 9.64 Å². The number of rotatable bonds is 1. The first-order chi connectivity index (χ1) is 15.1. The Morgan fingerprint density at radius 3 is 2.00 bits per heavy atom. The number of hydrogen-bond acceptors (Lipinski definition) is 2. The molecule has 0 aliphatic carbocycles. The Balaban J connectivity index is 1.72. The minimum absolute atomic E-state index is 0.891. The van der Waals surface area contributed by atoms with E-state index < -0.39 is 0 Å². The number of anilines is 3. The summed E-state index contributed by atoms with van der Waals surface area (Å²) in [7, 11) is 0. The van der Waals surface area contributed by atoms with Crippen molar-refractivity contribution < 1.29 is 4.74 Å². The number of ether oxygens (including phenoxy) is 1. The van der Waals surface area contributed by atoms with Gasteiger partial charge in [-0.25, -0.2) is 0 Å². The van der Waals surface area contributed by atoms with Crippen molar-refractivity contribution in [2.75, 3.05) is 4.90 Å². The molecule has 5 aromatic rings. The van der Waals surface area contributed by atoms with E-state index in [1.807, 2.05) is 0 Å². The Morgan fingerprint density at radius 2 is 1.26 bits per heavy atom. The van der Waals surface area contributed by atoms with Crippen LogP contribution in [0.2, 0.25) is 0 Å². The third kappa shape index (κ3) is 2.72. The molecule has 0 amide bonds. The summed E-state index contributed by atoms with van der Waals surface area (Å²) in [5.74, 6) is 1.81. The largest absolute Gasteiger partial charge is 0.452 e. The van der Waals surface area contributed by atoms with Crippen molar-refractivity contribution in [1.82, 2.24) is 0 Å². The van der Waals surface area contributed by atoms with Gasteiger partial charge in [0.05, 0.1) is 17.1 Å². The number of benzene rings is 5. The molecule has 0 bridgehead atoms. The van der Waals surface area contributed by atoms with E-state index in [1.54, 1.807) is 0 Å². The van der Waals surface area contributed by atoms with Gasteiger partial charge in [0.2, 0.25) is 0 Å². The summed E-state index contributed by atoms with van der Waals surface area (Å²) < 4.78 is 6.61. The van der Waals surface area contributed by atoms with Gasteiger partial charge in [0.1, 0.15) is 0 Å². The van der Waals surface area contributed by atoms with Crippen LogP contribution in [0.25, 0.3) is 21.5 Å². The van der Waals surface area contributed by atoms with E-state index in [4.69, 9.17) is 4.74 Å². The fourth-order valence-electron chi connectivity index (χ4n) is 4.98. The van der Waals surface area contributed by atoms with Crippen LogP contribution in [0.3, 0.4) is 0 Å². The summed E-state index contributed by atoms with van der Waals surface area (Å²) in [5.41, 5.74) is 7.19. The lowest BCUT2D eigenvalue weighted by Gasteiger charge is -2.35. The van der Waals surface area contributed by atoms with Gasteiger partial charge in [-0.3, -0.25) is 0 Å². The third-order valence-electron chi connectivity index (χ3n) is 6.24. The summed E-state index contributed by atoms with van der Waals surface area (Å²) in [6.07, 6.45) is 0. The first-order valence-electron chi connectivity index (χ1n) is 10.7. The Bertz CT molecular complexity index is 1470. The Hall–Kier alpha value is -3.78. The lowest BCUT2D eigenvalue weighted by Crippen LogP contribution is -2.18. The van der Waals surface area contributed by atoms with Crippen LogP contribution in [0.15, 0.2) is 84.9 Å². The van der Waals surface area contributed by atoms with Gasteiger partial charge in [0.25, 0.3) is 0 Å². The Labute approximate surface area is 182 Å². The summed E-state index contributed by atoms with van der Waals surface area (Å²) >= 11 is 0. The fourth-order valence-corrected chi connectivity index (χ4v) is 4.98. The number of fused-ring (bicyclic) bond motifs is 5. The van der Waals surface area contributed by atoms with Gasteiger partial charge < -0.3 is 9.64 Å². The standard InChI is InChI=1S/C29H23NO/c1-18-14-19(2)28(20(3)15-18)30-25-13-12-21-8-6-7-11-24(21)29(25)31-27-17-23-10-5-4-9-22(23)16-26(27)30/h4-17H,1-3H3. The van der Waals surface area contributed by atoms with Crippen molar-refractivity contribution in [1.29, 1.82) is 0 Å². The molecule has 6 rings (SSSR count). The van der Waals surface area contributed by atoms with Crippen LogP contribution in [0.4, 0.5) is 17.1 Å². The molecule has 2 heteroatoms. The van der Waals surface area contributed by atoms with E-state index in [9.17, 15) is 0 Å². The lowest BCUT2D eigenvalue weighted by molar-refractivity contribution is 0.483. The predicted octanol–water partition coefficient (Wildman–Crippen LogP) is 8.49. The molecule has 0 aromatic heterocycles. The molecule has 1 heterocycles. The molecule has 5 aromatic carbocycles. The summed E-state index contributed by atoms with van der Waals surface area (Å²) in [6, 6.07) is 30.2. The topological polar surface area (TPSA) is 12.5 Å². The summed E-state index contributed by atoms with van der Waals surface area (Å²) in [5, 5.41) is 4.71. The van der Waals surface area contributed by atoms with Crippen LogP contribution in [0.1, 0.15) is 16.7 Å². The van der Waals surface area contributed by atoms with E-state index in [2.05, 4.69) is 111 Å². The molecular formula is C29H23NO. The van der Waals surface area contributed by atoms with Gasteiger partial charge >= 0.3 is 0 Å². The SMILES string of the molecule is Cc1cc(C)c(N2c3cc4ccccc4cc3Oc3c2ccc2ccccc32)c(C)c1. The molecule has 31 heavy (non-hydrogen) atoms. The molecule has 2 nitrogen and oxygen atoms in total. The molecule has 0 saturated carbocycles. The van der Waals surface area contributed by atoms with Gasteiger partial charge in [-0.1, -0.05) is 72.3 Å². The monoisotopic (exact) mass is 401 g/mol. The van der Waals surface area contributed by atoms with Crippen molar-refractivity contribution in [2.24, 2.45) is 0 Å². The number of nitrogens with zero attached hydrogens (tertiary/aromatic N) is 1. The van der Waals surface area contributed by atoms with E-state index in [0.29, 0.717) is 0 Å². The maximum atomic E-state index is 6.61. The van der Waals surface area contributed by atoms with Crippen LogP contribution in [-0.2, 0) is 0 Å². The quantitative estimate of drug-likeness (QED) is 0.274. The van der Waals surface area contributed by atoms with Gasteiger partial charge in [0.15, 0.2) is 11.5 Å². The molecule has 0 spiro atoms. The lowest BCUT2D eigenvalue weighted by atomic mass is 9.99. The molecule has 0 fully saturated rings. The van der Waals surface area contributed by atoms with Gasteiger partial charge in [-0.05, 0) is 66.3 Å². The van der Waals surface area contributed by atoms with Crippen molar-refractivity contribution in [3.63, 3.8) is 0 Å². The van der Waals surface area contributed by atoms with Crippen molar-refractivity contribution >= 4 is 38.6 Å². The number of aryl methyl sites for hydroxylation is 3. The molecule has 0 saturated heterocycles. The van der Waals surface area contributed by atoms with E-state index >= 15 is 0 Å². The second kappa shape index (κ2) is 6.61. The van der Waals surface area contributed by atoms with Crippen LogP contribution in [0.5, 0.6) is 11.5 Å². The highest BCUT2D eigenvalue weighted by molar-refractivity contribution is 6.02. The van der Waals surface area contributed by atoms with Gasteiger partial charge in [-0.15, -0.1) is 0 Å². The van der Waals surface area contributed by atoms with E-state index in [1.165, 1.54) is 38.5 Å². The second-order valence-corrected chi connectivity index (χ2v) is 8.49. The van der Waals surface area contributed by atoms with E-state index in [-0.39, 0.29) is 0 Å². The minimum atomic E-state index is 0.891. The summed E-state index contributed by atoms with van der Waals surface area (Å²) in [6.45, 7) is 6.56.